The molecule has 0 aliphatic carbocycles. The smallest absolute Gasteiger partial charge is 0.307 e. The second kappa shape index (κ2) is 5.72. The molecule has 1 aromatic heterocycles. The summed E-state index contributed by atoms with van der Waals surface area (Å²) in [5, 5.41) is 13.3. The molecule has 98 valence electrons. The van der Waals surface area contributed by atoms with Gasteiger partial charge in [-0.2, -0.15) is 5.10 Å². The van der Waals surface area contributed by atoms with E-state index in [9.17, 15) is 9.90 Å². The summed E-state index contributed by atoms with van der Waals surface area (Å²) in [6.45, 7) is 0. The van der Waals surface area contributed by atoms with Gasteiger partial charge in [0.2, 0.25) is 0 Å². The molecule has 0 atom stereocenters. The predicted octanol–water partition coefficient (Wildman–Crippen LogP) is 1.76. The van der Waals surface area contributed by atoms with Crippen molar-refractivity contribution >= 4 is 12.1 Å². The maximum absolute atomic E-state index is 11.5. The number of carbonyl (C=O) groups is 1. The average molecular weight is 260 g/mol. The number of nitrogens with zero attached hydrogens (tertiary/aromatic N) is 1. The van der Waals surface area contributed by atoms with Crippen LogP contribution in [-0.4, -0.2) is 24.3 Å². The van der Waals surface area contributed by atoms with Crippen LogP contribution in [0.1, 0.15) is 16.1 Å². The first-order valence-corrected chi connectivity index (χ1v) is 5.44. The number of phenolic OH excluding ortho intramolecular Hbond substituents is 1. The molecule has 0 radical (unpaired) electrons. The van der Waals surface area contributed by atoms with Gasteiger partial charge in [-0.05, 0) is 35.9 Å². The molecule has 0 spiro atoms. The first-order valence-electron chi connectivity index (χ1n) is 5.44. The quantitative estimate of drug-likeness (QED) is 0.648. The Morgan fingerprint density at radius 1 is 1.47 bits per heavy atom. The van der Waals surface area contributed by atoms with Crippen molar-refractivity contribution in [2.75, 3.05) is 7.11 Å². The number of hydrogen-bond donors (Lipinski definition) is 2. The molecule has 0 aliphatic rings. The molecule has 0 saturated carbocycles. The van der Waals surface area contributed by atoms with Crippen molar-refractivity contribution in [1.29, 1.82) is 0 Å². The molecule has 1 aromatic carbocycles. The summed E-state index contributed by atoms with van der Waals surface area (Å²) in [5.41, 5.74) is 2.93. The van der Waals surface area contributed by atoms with E-state index in [-0.39, 0.29) is 11.5 Å². The molecule has 0 bridgehead atoms. The molecular weight excluding hydrogens is 248 g/mol. The normalized spacial score (nSPS) is 10.6. The van der Waals surface area contributed by atoms with Gasteiger partial charge in [0.25, 0.3) is 0 Å². The molecule has 19 heavy (non-hydrogen) atoms. The maximum atomic E-state index is 11.5. The minimum Gasteiger partial charge on any atom is -0.504 e. The standard InChI is InChI=1S/C13H12N2O4/c1-18-11-5-4-9(7-10(11)16)8-14-15-13(17)12-3-2-6-19-12/h2-8,16H,1H3,(H,15,17)/b14-8+. The van der Waals surface area contributed by atoms with E-state index in [0.717, 1.165) is 0 Å². The van der Waals surface area contributed by atoms with Crippen molar-refractivity contribution in [2.45, 2.75) is 0 Å². The van der Waals surface area contributed by atoms with Gasteiger partial charge in [0, 0.05) is 0 Å². The lowest BCUT2D eigenvalue weighted by Crippen LogP contribution is -2.16. The van der Waals surface area contributed by atoms with E-state index in [4.69, 9.17) is 9.15 Å². The molecule has 6 heteroatoms. The Morgan fingerprint density at radius 3 is 2.95 bits per heavy atom. The van der Waals surface area contributed by atoms with Crippen LogP contribution in [0.25, 0.3) is 0 Å². The van der Waals surface area contributed by atoms with Crippen LogP contribution in [0.3, 0.4) is 0 Å². The number of nitrogens with one attached hydrogen (secondary N) is 1. The lowest BCUT2D eigenvalue weighted by atomic mass is 10.2. The minimum atomic E-state index is -0.445. The monoisotopic (exact) mass is 260 g/mol. The highest BCUT2D eigenvalue weighted by Gasteiger charge is 2.06. The van der Waals surface area contributed by atoms with E-state index in [1.807, 2.05) is 0 Å². The highest BCUT2D eigenvalue weighted by atomic mass is 16.5. The number of aromatic hydroxyl groups is 1. The first-order chi connectivity index (χ1) is 9.20. The van der Waals surface area contributed by atoms with Crippen LogP contribution in [-0.2, 0) is 0 Å². The van der Waals surface area contributed by atoms with Crippen molar-refractivity contribution in [3.8, 4) is 11.5 Å². The largest absolute Gasteiger partial charge is 0.504 e. The molecule has 0 saturated heterocycles. The fraction of sp³-hybridized carbons (Fsp3) is 0.0769. The van der Waals surface area contributed by atoms with Crippen molar-refractivity contribution < 1.29 is 19.1 Å². The summed E-state index contributed by atoms with van der Waals surface area (Å²) in [6.07, 6.45) is 2.81. The molecule has 2 aromatic rings. The van der Waals surface area contributed by atoms with E-state index in [0.29, 0.717) is 11.3 Å². The molecule has 0 unspecified atom stereocenters. The number of methoxy groups -OCH3 is 1. The summed E-state index contributed by atoms with van der Waals surface area (Å²) in [4.78, 5) is 11.5. The molecular formula is C13H12N2O4. The van der Waals surface area contributed by atoms with E-state index in [1.165, 1.54) is 31.7 Å². The zero-order valence-corrected chi connectivity index (χ0v) is 10.2. The number of phenols is 1. The van der Waals surface area contributed by atoms with Gasteiger partial charge >= 0.3 is 5.91 Å². The van der Waals surface area contributed by atoms with Crippen LogP contribution < -0.4 is 10.2 Å². The maximum Gasteiger partial charge on any atom is 0.307 e. The summed E-state index contributed by atoms with van der Waals surface area (Å²) in [6, 6.07) is 7.91. The van der Waals surface area contributed by atoms with E-state index in [2.05, 4.69) is 10.5 Å². The number of ether oxygens (including phenoxy) is 1. The molecule has 0 fully saturated rings. The zero-order chi connectivity index (χ0) is 13.7. The third kappa shape index (κ3) is 3.12. The summed E-state index contributed by atoms with van der Waals surface area (Å²) in [5.74, 6) is 0.106. The third-order valence-corrected chi connectivity index (χ3v) is 2.33. The highest BCUT2D eigenvalue weighted by molar-refractivity contribution is 5.92. The van der Waals surface area contributed by atoms with E-state index < -0.39 is 5.91 Å². The fourth-order valence-electron chi connectivity index (χ4n) is 1.42. The van der Waals surface area contributed by atoms with Crippen molar-refractivity contribution in [2.24, 2.45) is 5.10 Å². The summed E-state index contributed by atoms with van der Waals surface area (Å²) >= 11 is 0. The van der Waals surface area contributed by atoms with Crippen LogP contribution >= 0.6 is 0 Å². The lowest BCUT2D eigenvalue weighted by molar-refractivity contribution is 0.0927. The molecule has 1 amide bonds. The van der Waals surface area contributed by atoms with Crippen molar-refractivity contribution in [3.63, 3.8) is 0 Å². The summed E-state index contributed by atoms with van der Waals surface area (Å²) < 4.78 is 9.82. The van der Waals surface area contributed by atoms with Gasteiger partial charge in [0.05, 0.1) is 19.6 Å². The van der Waals surface area contributed by atoms with Gasteiger partial charge < -0.3 is 14.3 Å². The number of hydrogen-bond acceptors (Lipinski definition) is 5. The van der Waals surface area contributed by atoms with Crippen molar-refractivity contribution in [1.82, 2.24) is 5.43 Å². The zero-order valence-electron chi connectivity index (χ0n) is 10.2. The number of hydrazone groups is 1. The number of amides is 1. The van der Waals surface area contributed by atoms with Crippen LogP contribution in [0.2, 0.25) is 0 Å². The Bertz CT molecular complexity index is 591. The highest BCUT2D eigenvalue weighted by Crippen LogP contribution is 2.25. The van der Waals surface area contributed by atoms with Crippen LogP contribution in [0.5, 0.6) is 11.5 Å². The molecule has 2 rings (SSSR count). The van der Waals surface area contributed by atoms with Crippen LogP contribution in [0.15, 0.2) is 46.1 Å². The van der Waals surface area contributed by atoms with Crippen molar-refractivity contribution in [3.05, 3.63) is 47.9 Å². The Balaban J connectivity index is 1.99. The second-order valence-corrected chi connectivity index (χ2v) is 3.61. The Labute approximate surface area is 109 Å². The average Bonchev–Trinajstić information content (AvgIpc) is 2.93. The van der Waals surface area contributed by atoms with E-state index in [1.54, 1.807) is 18.2 Å². The van der Waals surface area contributed by atoms with E-state index >= 15 is 0 Å². The number of benzene rings is 1. The number of carbonyl (C=O) groups excluding carboxylic acids is 1. The van der Waals surface area contributed by atoms with Crippen LogP contribution in [0, 0.1) is 0 Å². The van der Waals surface area contributed by atoms with Gasteiger partial charge in [-0.3, -0.25) is 4.79 Å². The predicted molar refractivity (Wildman–Crippen MR) is 68.4 cm³/mol. The second-order valence-electron chi connectivity index (χ2n) is 3.61. The lowest BCUT2D eigenvalue weighted by Gasteiger charge is -2.02. The number of furan rings is 1. The Kier molecular flexibility index (Phi) is 3.82. The molecule has 1 heterocycles. The van der Waals surface area contributed by atoms with Gasteiger partial charge in [0.1, 0.15) is 0 Å². The molecule has 2 N–H and O–H groups in total. The third-order valence-electron chi connectivity index (χ3n) is 2.33. The molecule has 0 aliphatic heterocycles. The Morgan fingerprint density at radius 2 is 2.32 bits per heavy atom. The Hall–Kier alpha value is -2.76. The summed E-state index contributed by atoms with van der Waals surface area (Å²) in [7, 11) is 1.46. The first kappa shape index (κ1) is 12.7. The van der Waals surface area contributed by atoms with Gasteiger partial charge in [0.15, 0.2) is 17.3 Å². The molecule has 6 nitrogen and oxygen atoms in total. The minimum absolute atomic E-state index is 0.00353. The van der Waals surface area contributed by atoms with Crippen LogP contribution in [0.4, 0.5) is 0 Å². The number of rotatable bonds is 4. The van der Waals surface area contributed by atoms with Gasteiger partial charge in [-0.1, -0.05) is 0 Å². The SMILES string of the molecule is COc1ccc(/C=N/NC(=O)c2ccco2)cc1O. The van der Waals surface area contributed by atoms with Gasteiger partial charge in [-0.15, -0.1) is 0 Å². The van der Waals surface area contributed by atoms with Gasteiger partial charge in [-0.25, -0.2) is 5.43 Å². The fourth-order valence-corrected chi connectivity index (χ4v) is 1.42. The topological polar surface area (TPSA) is 84.1 Å².